The summed E-state index contributed by atoms with van der Waals surface area (Å²) >= 11 is 0. The van der Waals surface area contributed by atoms with E-state index < -0.39 is 11.9 Å². The predicted molar refractivity (Wildman–Crippen MR) is 83.4 cm³/mol. The highest BCUT2D eigenvalue weighted by molar-refractivity contribution is 6.01. The maximum absolute atomic E-state index is 12.1. The lowest BCUT2D eigenvalue weighted by Crippen LogP contribution is -2.38. The second kappa shape index (κ2) is 8.94. The molecule has 8 nitrogen and oxygen atoms in total. The molecule has 0 fully saturated rings. The van der Waals surface area contributed by atoms with E-state index in [-0.39, 0.29) is 24.8 Å². The minimum Gasteiger partial charge on any atom is -0.462 e. The molecule has 0 saturated carbocycles. The molecule has 0 aromatic carbocycles. The third kappa shape index (κ3) is 5.10. The lowest BCUT2D eigenvalue weighted by Gasteiger charge is -2.06. The number of aromatic amines is 1. The summed E-state index contributed by atoms with van der Waals surface area (Å²) in [5.74, 6) is -1.25. The second-order valence-electron chi connectivity index (χ2n) is 4.87. The highest BCUT2D eigenvalue weighted by Crippen LogP contribution is 2.18. The van der Waals surface area contributed by atoms with Crippen LogP contribution in [-0.2, 0) is 14.3 Å². The van der Waals surface area contributed by atoms with Crippen LogP contribution in [0.1, 0.15) is 39.0 Å². The summed E-state index contributed by atoms with van der Waals surface area (Å²) in [6.07, 6.45) is 0. The molecule has 0 aliphatic heterocycles. The first-order valence-corrected chi connectivity index (χ1v) is 7.32. The zero-order valence-corrected chi connectivity index (χ0v) is 13.9. The van der Waals surface area contributed by atoms with Crippen LogP contribution in [0.5, 0.6) is 0 Å². The summed E-state index contributed by atoms with van der Waals surface area (Å²) < 4.78 is 9.78. The first kappa shape index (κ1) is 18.7. The van der Waals surface area contributed by atoms with E-state index in [0.717, 1.165) is 0 Å². The molecule has 0 atom stereocenters. The van der Waals surface area contributed by atoms with Crippen LogP contribution in [0.4, 0.5) is 0 Å². The van der Waals surface area contributed by atoms with Crippen molar-refractivity contribution < 1.29 is 23.9 Å². The van der Waals surface area contributed by atoms with E-state index in [0.29, 0.717) is 30.0 Å². The van der Waals surface area contributed by atoms with Crippen molar-refractivity contribution in [2.75, 3.05) is 33.4 Å². The van der Waals surface area contributed by atoms with E-state index in [2.05, 4.69) is 15.6 Å². The van der Waals surface area contributed by atoms with E-state index >= 15 is 0 Å². The van der Waals surface area contributed by atoms with Crippen molar-refractivity contribution in [1.29, 1.82) is 0 Å². The third-order valence-electron chi connectivity index (χ3n) is 3.18. The van der Waals surface area contributed by atoms with Crippen molar-refractivity contribution in [3.63, 3.8) is 0 Å². The zero-order chi connectivity index (χ0) is 17.4. The summed E-state index contributed by atoms with van der Waals surface area (Å²) in [7, 11) is 1.53. The standard InChI is InChI=1S/C15H23N3O5/c1-5-23-15(21)12-9(2)13(18-10(12)3)14(20)17-8-11(19)16-6-7-22-4/h18H,5-8H2,1-4H3,(H,16,19)(H,17,20). The summed E-state index contributed by atoms with van der Waals surface area (Å²) in [4.78, 5) is 38.4. The average Bonchev–Trinajstić information content (AvgIpc) is 2.80. The van der Waals surface area contributed by atoms with Gasteiger partial charge >= 0.3 is 5.97 Å². The monoisotopic (exact) mass is 325 g/mol. The van der Waals surface area contributed by atoms with Crippen molar-refractivity contribution >= 4 is 17.8 Å². The average molecular weight is 325 g/mol. The molecule has 1 rings (SSSR count). The van der Waals surface area contributed by atoms with Gasteiger partial charge in [0.2, 0.25) is 5.91 Å². The molecule has 0 aliphatic rings. The first-order valence-electron chi connectivity index (χ1n) is 7.32. The van der Waals surface area contributed by atoms with Gasteiger partial charge in [-0.1, -0.05) is 0 Å². The molecule has 2 amide bonds. The Morgan fingerprint density at radius 3 is 2.48 bits per heavy atom. The summed E-state index contributed by atoms with van der Waals surface area (Å²) in [6, 6.07) is 0. The highest BCUT2D eigenvalue weighted by Gasteiger charge is 2.22. The molecule has 0 radical (unpaired) electrons. The molecule has 0 unspecified atom stereocenters. The normalized spacial score (nSPS) is 10.3. The van der Waals surface area contributed by atoms with Crippen molar-refractivity contribution in [3.05, 3.63) is 22.5 Å². The lowest BCUT2D eigenvalue weighted by molar-refractivity contribution is -0.120. The molecule has 0 aliphatic carbocycles. The molecule has 23 heavy (non-hydrogen) atoms. The Kier molecular flexibility index (Phi) is 7.27. The van der Waals surface area contributed by atoms with Crippen molar-refractivity contribution in [2.24, 2.45) is 0 Å². The fourth-order valence-electron chi connectivity index (χ4n) is 2.09. The molecule has 128 valence electrons. The Morgan fingerprint density at radius 2 is 1.87 bits per heavy atom. The van der Waals surface area contributed by atoms with Crippen LogP contribution in [-0.4, -0.2) is 56.2 Å². The number of hydrogen-bond acceptors (Lipinski definition) is 5. The number of carbonyl (C=O) groups is 3. The molecule has 1 aromatic heterocycles. The fourth-order valence-corrected chi connectivity index (χ4v) is 2.09. The van der Waals surface area contributed by atoms with Gasteiger partial charge in [-0.15, -0.1) is 0 Å². The minimum atomic E-state index is -0.477. The van der Waals surface area contributed by atoms with Gasteiger partial charge in [-0.3, -0.25) is 9.59 Å². The second-order valence-corrected chi connectivity index (χ2v) is 4.87. The number of hydrogen-bond donors (Lipinski definition) is 3. The summed E-state index contributed by atoms with van der Waals surface area (Å²) in [5.41, 5.74) is 1.64. The molecule has 8 heteroatoms. The summed E-state index contributed by atoms with van der Waals surface area (Å²) in [5, 5.41) is 5.10. The molecule has 0 spiro atoms. The number of esters is 1. The van der Waals surface area contributed by atoms with Crippen LogP contribution in [0.15, 0.2) is 0 Å². The Balaban J connectivity index is 2.69. The zero-order valence-electron chi connectivity index (χ0n) is 13.9. The molecular formula is C15H23N3O5. The van der Waals surface area contributed by atoms with Gasteiger partial charge in [0, 0.05) is 19.3 Å². The first-order chi connectivity index (χ1) is 10.9. The van der Waals surface area contributed by atoms with Crippen LogP contribution < -0.4 is 10.6 Å². The van der Waals surface area contributed by atoms with Crippen LogP contribution >= 0.6 is 0 Å². The number of methoxy groups -OCH3 is 1. The van der Waals surface area contributed by atoms with E-state index in [4.69, 9.17) is 9.47 Å². The van der Waals surface area contributed by atoms with Gasteiger partial charge in [-0.25, -0.2) is 4.79 Å². The fraction of sp³-hybridized carbons (Fsp3) is 0.533. The van der Waals surface area contributed by atoms with E-state index in [1.165, 1.54) is 7.11 Å². The number of amides is 2. The number of H-pyrrole nitrogens is 1. The van der Waals surface area contributed by atoms with Gasteiger partial charge < -0.3 is 25.1 Å². The van der Waals surface area contributed by atoms with Crippen LogP contribution in [0.3, 0.4) is 0 Å². The number of rotatable bonds is 8. The maximum Gasteiger partial charge on any atom is 0.340 e. The van der Waals surface area contributed by atoms with Crippen LogP contribution in [0, 0.1) is 13.8 Å². The Labute approximate surface area is 134 Å². The van der Waals surface area contributed by atoms with Gasteiger partial charge in [-0.2, -0.15) is 0 Å². The molecule has 1 aromatic rings. The Hall–Kier alpha value is -2.35. The van der Waals surface area contributed by atoms with Gasteiger partial charge in [0.05, 0.1) is 25.3 Å². The van der Waals surface area contributed by atoms with Gasteiger partial charge in [0.1, 0.15) is 5.69 Å². The molecule has 0 saturated heterocycles. The summed E-state index contributed by atoms with van der Waals surface area (Å²) in [6.45, 7) is 5.93. The predicted octanol–water partition coefficient (Wildman–Crippen LogP) is 0.301. The number of nitrogens with one attached hydrogen (secondary N) is 3. The maximum atomic E-state index is 12.1. The van der Waals surface area contributed by atoms with Gasteiger partial charge in [-0.05, 0) is 26.3 Å². The van der Waals surface area contributed by atoms with Crippen molar-refractivity contribution in [3.8, 4) is 0 Å². The number of aromatic nitrogens is 1. The number of carbonyl (C=O) groups excluding carboxylic acids is 3. The van der Waals surface area contributed by atoms with Crippen LogP contribution in [0.2, 0.25) is 0 Å². The SMILES string of the molecule is CCOC(=O)c1c(C)[nH]c(C(=O)NCC(=O)NCCOC)c1C. The quantitative estimate of drug-likeness (QED) is 0.470. The van der Waals surface area contributed by atoms with Gasteiger partial charge in [0.25, 0.3) is 5.91 Å². The highest BCUT2D eigenvalue weighted by atomic mass is 16.5. The lowest BCUT2D eigenvalue weighted by atomic mass is 10.1. The van der Waals surface area contributed by atoms with Gasteiger partial charge in [0.15, 0.2) is 0 Å². The largest absolute Gasteiger partial charge is 0.462 e. The topological polar surface area (TPSA) is 110 Å². The number of aryl methyl sites for hydroxylation is 1. The Morgan fingerprint density at radius 1 is 1.17 bits per heavy atom. The van der Waals surface area contributed by atoms with Crippen LogP contribution in [0.25, 0.3) is 0 Å². The van der Waals surface area contributed by atoms with E-state index in [1.807, 2.05) is 0 Å². The van der Waals surface area contributed by atoms with Crippen molar-refractivity contribution in [1.82, 2.24) is 15.6 Å². The van der Waals surface area contributed by atoms with Crippen molar-refractivity contribution in [2.45, 2.75) is 20.8 Å². The third-order valence-corrected chi connectivity index (χ3v) is 3.18. The molecular weight excluding hydrogens is 302 g/mol. The molecule has 1 heterocycles. The van der Waals surface area contributed by atoms with E-state index in [9.17, 15) is 14.4 Å². The molecule has 0 bridgehead atoms. The Bertz CT molecular complexity index is 580. The number of ether oxygens (including phenoxy) is 2. The van der Waals surface area contributed by atoms with E-state index in [1.54, 1.807) is 20.8 Å². The smallest absolute Gasteiger partial charge is 0.340 e. The minimum absolute atomic E-state index is 0.158. The molecule has 3 N–H and O–H groups in total.